The van der Waals surface area contributed by atoms with Crippen LogP contribution in [0.15, 0.2) is 22.8 Å². The Morgan fingerprint density at radius 2 is 2.15 bits per heavy atom. The van der Waals surface area contributed by atoms with E-state index in [4.69, 9.17) is 4.74 Å². The van der Waals surface area contributed by atoms with Gasteiger partial charge >= 0.3 is 5.97 Å². The van der Waals surface area contributed by atoms with Crippen molar-refractivity contribution in [2.24, 2.45) is 11.3 Å². The van der Waals surface area contributed by atoms with Gasteiger partial charge in [-0.3, -0.25) is 9.59 Å². The van der Waals surface area contributed by atoms with E-state index in [1.165, 1.54) is 25.3 Å². The number of fused-ring (bicyclic) bond motifs is 1. The zero-order chi connectivity index (χ0) is 14.9. The minimum atomic E-state index is -0.304. The molecule has 0 saturated heterocycles. The van der Waals surface area contributed by atoms with Gasteiger partial charge in [-0.05, 0) is 55.6 Å². The van der Waals surface area contributed by atoms with Crippen LogP contribution in [0, 0.1) is 11.3 Å². The van der Waals surface area contributed by atoms with Crippen molar-refractivity contribution >= 4 is 11.8 Å². The highest BCUT2D eigenvalue weighted by Gasteiger charge is 2.42. The third-order valence-electron chi connectivity index (χ3n) is 5.06. The fraction of sp³-hybridized carbons (Fsp3) is 0.647. The van der Waals surface area contributed by atoms with E-state index in [9.17, 15) is 9.59 Å². The summed E-state index contributed by atoms with van der Waals surface area (Å²) in [5, 5.41) is 0. The number of carbonyl (C=O) groups excluding carboxylic acids is 2. The van der Waals surface area contributed by atoms with Crippen LogP contribution in [-0.2, 0) is 14.3 Å². The second-order valence-corrected chi connectivity index (χ2v) is 6.46. The Balaban J connectivity index is 2.30. The van der Waals surface area contributed by atoms with Crippen LogP contribution in [0.25, 0.3) is 0 Å². The van der Waals surface area contributed by atoms with E-state index in [-0.39, 0.29) is 23.8 Å². The number of hydrogen-bond donors (Lipinski definition) is 0. The van der Waals surface area contributed by atoms with Gasteiger partial charge in [-0.25, -0.2) is 0 Å². The minimum absolute atomic E-state index is 0.0962. The lowest BCUT2D eigenvalue weighted by atomic mass is 9.59. The van der Waals surface area contributed by atoms with E-state index >= 15 is 0 Å². The Morgan fingerprint density at radius 1 is 1.45 bits per heavy atom. The van der Waals surface area contributed by atoms with Crippen molar-refractivity contribution in [3.05, 3.63) is 22.8 Å². The summed E-state index contributed by atoms with van der Waals surface area (Å²) >= 11 is 0. The van der Waals surface area contributed by atoms with Gasteiger partial charge in [0.25, 0.3) is 0 Å². The molecule has 2 atom stereocenters. The molecule has 0 spiro atoms. The van der Waals surface area contributed by atoms with Gasteiger partial charge in [0, 0.05) is 12.5 Å². The van der Waals surface area contributed by atoms with Crippen molar-refractivity contribution in [2.75, 3.05) is 6.61 Å². The van der Waals surface area contributed by atoms with Crippen LogP contribution in [0.5, 0.6) is 0 Å². The molecule has 2 aliphatic rings. The summed E-state index contributed by atoms with van der Waals surface area (Å²) < 4.78 is 5.03. The summed E-state index contributed by atoms with van der Waals surface area (Å²) in [5.74, 6) is 0.394. The van der Waals surface area contributed by atoms with Crippen molar-refractivity contribution in [3.63, 3.8) is 0 Å². The summed E-state index contributed by atoms with van der Waals surface area (Å²) in [6, 6.07) is 0. The lowest BCUT2D eigenvalue weighted by Gasteiger charge is -2.45. The molecule has 0 aromatic carbocycles. The van der Waals surface area contributed by atoms with Gasteiger partial charge in [0.05, 0.1) is 0 Å². The predicted molar refractivity (Wildman–Crippen MR) is 78.2 cm³/mol. The van der Waals surface area contributed by atoms with Crippen molar-refractivity contribution in [3.8, 4) is 0 Å². The van der Waals surface area contributed by atoms with Gasteiger partial charge in [0.2, 0.25) is 0 Å². The van der Waals surface area contributed by atoms with Crippen LogP contribution in [0.4, 0.5) is 0 Å². The molecule has 3 nitrogen and oxygen atoms in total. The van der Waals surface area contributed by atoms with Crippen LogP contribution in [0.2, 0.25) is 0 Å². The fourth-order valence-electron chi connectivity index (χ4n) is 3.40. The van der Waals surface area contributed by atoms with Crippen molar-refractivity contribution in [2.45, 2.75) is 53.4 Å². The molecule has 2 aliphatic carbocycles. The SMILES string of the molecule is CC(=O)OCC(C)=C1CC2(C)C(=CC1=O)CCCC2C. The molecule has 110 valence electrons. The Hall–Kier alpha value is -1.38. The van der Waals surface area contributed by atoms with Crippen LogP contribution in [0.3, 0.4) is 0 Å². The third-order valence-corrected chi connectivity index (χ3v) is 5.06. The highest BCUT2D eigenvalue weighted by atomic mass is 16.5. The molecule has 0 aromatic heterocycles. The molecule has 1 saturated carbocycles. The van der Waals surface area contributed by atoms with E-state index in [1.807, 2.05) is 13.0 Å². The van der Waals surface area contributed by atoms with Crippen LogP contribution < -0.4 is 0 Å². The van der Waals surface area contributed by atoms with Gasteiger partial charge < -0.3 is 4.74 Å². The van der Waals surface area contributed by atoms with E-state index in [0.717, 1.165) is 24.0 Å². The summed E-state index contributed by atoms with van der Waals surface area (Å²) in [6.07, 6.45) is 6.07. The first-order valence-electron chi connectivity index (χ1n) is 7.42. The quantitative estimate of drug-likeness (QED) is 0.572. The van der Waals surface area contributed by atoms with Gasteiger partial charge in [0.1, 0.15) is 6.61 Å². The Labute approximate surface area is 121 Å². The molecular formula is C17H24O3. The van der Waals surface area contributed by atoms with Crippen LogP contribution in [-0.4, -0.2) is 18.4 Å². The lowest BCUT2D eigenvalue weighted by Crippen LogP contribution is -2.36. The zero-order valence-electron chi connectivity index (χ0n) is 12.9. The minimum Gasteiger partial charge on any atom is -0.461 e. The van der Waals surface area contributed by atoms with Crippen LogP contribution >= 0.6 is 0 Å². The highest BCUT2D eigenvalue weighted by molar-refractivity contribution is 6.06. The van der Waals surface area contributed by atoms with E-state index in [0.29, 0.717) is 5.92 Å². The maximum absolute atomic E-state index is 12.3. The summed E-state index contributed by atoms with van der Waals surface area (Å²) in [6.45, 7) is 8.06. The predicted octanol–water partition coefficient (Wildman–Crippen LogP) is 3.59. The van der Waals surface area contributed by atoms with Gasteiger partial charge in [-0.1, -0.05) is 19.4 Å². The first-order valence-corrected chi connectivity index (χ1v) is 7.42. The highest BCUT2D eigenvalue weighted by Crippen LogP contribution is 2.51. The van der Waals surface area contributed by atoms with E-state index in [1.54, 1.807) is 0 Å². The molecule has 1 fully saturated rings. The largest absolute Gasteiger partial charge is 0.461 e. The summed E-state index contributed by atoms with van der Waals surface area (Å²) in [7, 11) is 0. The molecule has 3 heteroatoms. The fourth-order valence-corrected chi connectivity index (χ4v) is 3.40. The lowest BCUT2D eigenvalue weighted by molar-refractivity contribution is -0.140. The molecular weight excluding hydrogens is 252 g/mol. The van der Waals surface area contributed by atoms with Crippen molar-refractivity contribution in [1.29, 1.82) is 0 Å². The Kier molecular flexibility index (Phi) is 4.17. The smallest absolute Gasteiger partial charge is 0.302 e. The molecule has 20 heavy (non-hydrogen) atoms. The molecule has 0 amide bonds. The monoisotopic (exact) mass is 276 g/mol. The van der Waals surface area contributed by atoms with Crippen molar-refractivity contribution < 1.29 is 14.3 Å². The number of rotatable bonds is 2. The molecule has 0 bridgehead atoms. The second-order valence-electron chi connectivity index (χ2n) is 6.46. The van der Waals surface area contributed by atoms with Gasteiger partial charge in [-0.2, -0.15) is 0 Å². The Bertz CT molecular complexity index is 498. The molecule has 0 heterocycles. The number of ketones is 1. The molecule has 0 aliphatic heterocycles. The van der Waals surface area contributed by atoms with E-state index < -0.39 is 0 Å². The number of esters is 1. The average molecular weight is 276 g/mol. The summed E-state index contributed by atoms with van der Waals surface area (Å²) in [5.41, 5.74) is 3.13. The average Bonchev–Trinajstić information content (AvgIpc) is 2.38. The number of ether oxygens (including phenoxy) is 1. The maximum atomic E-state index is 12.3. The standard InChI is InChI=1S/C17H24O3/c1-11(10-20-13(3)18)15-9-17(4)12(2)6-5-7-14(17)8-16(15)19/h8,12H,5-7,9-10H2,1-4H3. The van der Waals surface area contributed by atoms with Crippen molar-refractivity contribution in [1.82, 2.24) is 0 Å². The maximum Gasteiger partial charge on any atom is 0.302 e. The first kappa shape index (κ1) is 15.0. The second kappa shape index (κ2) is 5.55. The summed E-state index contributed by atoms with van der Waals surface area (Å²) in [4.78, 5) is 23.2. The van der Waals surface area contributed by atoms with Gasteiger partial charge in [-0.15, -0.1) is 0 Å². The zero-order valence-corrected chi connectivity index (χ0v) is 12.9. The third kappa shape index (κ3) is 2.72. The molecule has 2 rings (SSSR count). The molecule has 0 aromatic rings. The van der Waals surface area contributed by atoms with Gasteiger partial charge in [0.15, 0.2) is 5.78 Å². The normalized spacial score (nSPS) is 32.3. The topological polar surface area (TPSA) is 43.4 Å². The number of allylic oxidation sites excluding steroid dienone is 3. The molecule has 0 N–H and O–H groups in total. The number of hydrogen-bond acceptors (Lipinski definition) is 3. The van der Waals surface area contributed by atoms with Crippen LogP contribution in [0.1, 0.15) is 53.4 Å². The Morgan fingerprint density at radius 3 is 2.80 bits per heavy atom. The molecule has 2 unspecified atom stereocenters. The number of carbonyl (C=O) groups is 2. The first-order chi connectivity index (χ1) is 9.34. The molecule has 0 radical (unpaired) electrons. The van der Waals surface area contributed by atoms with E-state index in [2.05, 4.69) is 13.8 Å².